The third-order valence-electron chi connectivity index (χ3n) is 2.98. The minimum Gasteiger partial charge on any atom is -0.465 e. The summed E-state index contributed by atoms with van der Waals surface area (Å²) in [6, 6.07) is -0.0458. The Labute approximate surface area is 99.2 Å². The zero-order valence-electron chi connectivity index (χ0n) is 9.76. The number of aromatic nitrogens is 2. The molecule has 1 amide bonds. The highest BCUT2D eigenvalue weighted by atomic mass is 16.4. The molecule has 94 valence electrons. The lowest BCUT2D eigenvalue weighted by Crippen LogP contribution is -2.48. The highest BCUT2D eigenvalue weighted by Crippen LogP contribution is 2.25. The molecule has 1 aromatic heterocycles. The molecule has 7 nitrogen and oxygen atoms in total. The van der Waals surface area contributed by atoms with Crippen LogP contribution in [0.3, 0.4) is 0 Å². The number of carboxylic acid groups (broad SMARTS) is 1. The molecule has 0 saturated carbocycles. The largest absolute Gasteiger partial charge is 0.465 e. The molecule has 0 aromatic carbocycles. The van der Waals surface area contributed by atoms with Crippen molar-refractivity contribution in [2.24, 2.45) is 7.05 Å². The number of piperidine rings is 1. The maximum atomic E-state index is 10.6. The Morgan fingerprint density at radius 2 is 2.47 bits per heavy atom. The highest BCUT2D eigenvalue weighted by Gasteiger charge is 2.24. The van der Waals surface area contributed by atoms with Gasteiger partial charge in [-0.1, -0.05) is 0 Å². The zero-order chi connectivity index (χ0) is 12.4. The first-order valence-corrected chi connectivity index (χ1v) is 5.60. The van der Waals surface area contributed by atoms with E-state index < -0.39 is 6.09 Å². The van der Waals surface area contributed by atoms with E-state index in [1.165, 1.54) is 0 Å². The molecule has 1 aliphatic heterocycles. The predicted molar refractivity (Wildman–Crippen MR) is 64.0 cm³/mol. The molecule has 1 fully saturated rings. The summed E-state index contributed by atoms with van der Waals surface area (Å²) in [6.07, 6.45) is 2.44. The standard InChI is InChI=1S/C10H17N5O2/c1-14-9(8(11)5-12-14)15-4-2-3-7(6-15)13-10(16)17/h5,7,13H,2-4,6,11H2,1H3,(H,16,17). The van der Waals surface area contributed by atoms with Gasteiger partial charge in [-0.05, 0) is 12.8 Å². The Bertz CT molecular complexity index is 397. The van der Waals surface area contributed by atoms with Crippen molar-refractivity contribution in [3.63, 3.8) is 0 Å². The van der Waals surface area contributed by atoms with Crippen LogP contribution in [0.2, 0.25) is 0 Å². The van der Waals surface area contributed by atoms with Gasteiger partial charge < -0.3 is 21.1 Å². The van der Waals surface area contributed by atoms with Gasteiger partial charge in [0.25, 0.3) is 0 Å². The van der Waals surface area contributed by atoms with Crippen LogP contribution < -0.4 is 16.0 Å². The van der Waals surface area contributed by atoms with Gasteiger partial charge in [0.15, 0.2) is 0 Å². The van der Waals surface area contributed by atoms with E-state index in [1.54, 1.807) is 10.9 Å². The number of amides is 1. The number of rotatable bonds is 2. The van der Waals surface area contributed by atoms with E-state index in [1.807, 2.05) is 7.05 Å². The first-order valence-electron chi connectivity index (χ1n) is 5.60. The van der Waals surface area contributed by atoms with Crippen LogP contribution in [-0.2, 0) is 7.05 Å². The summed E-state index contributed by atoms with van der Waals surface area (Å²) < 4.78 is 1.72. The summed E-state index contributed by atoms with van der Waals surface area (Å²) >= 11 is 0. The number of hydrogen-bond donors (Lipinski definition) is 3. The monoisotopic (exact) mass is 239 g/mol. The second-order valence-corrected chi connectivity index (χ2v) is 4.28. The molecule has 1 aromatic rings. The number of nitrogens with two attached hydrogens (primary N) is 1. The van der Waals surface area contributed by atoms with Crippen molar-refractivity contribution in [3.05, 3.63) is 6.20 Å². The van der Waals surface area contributed by atoms with Crippen LogP contribution >= 0.6 is 0 Å². The molecule has 0 aliphatic carbocycles. The number of aryl methyl sites for hydroxylation is 1. The summed E-state index contributed by atoms with van der Waals surface area (Å²) in [5.41, 5.74) is 6.49. The molecule has 2 heterocycles. The first-order chi connectivity index (χ1) is 8.08. The molecule has 0 spiro atoms. The van der Waals surface area contributed by atoms with Crippen molar-refractivity contribution in [2.75, 3.05) is 23.7 Å². The minimum atomic E-state index is -0.977. The predicted octanol–water partition coefficient (Wildman–Crippen LogP) is 0.239. The van der Waals surface area contributed by atoms with Gasteiger partial charge in [-0.2, -0.15) is 5.10 Å². The van der Waals surface area contributed by atoms with E-state index in [0.29, 0.717) is 12.2 Å². The lowest BCUT2D eigenvalue weighted by molar-refractivity contribution is 0.188. The fraction of sp³-hybridized carbons (Fsp3) is 0.600. The lowest BCUT2D eigenvalue weighted by Gasteiger charge is -2.34. The van der Waals surface area contributed by atoms with Crippen LogP contribution in [-0.4, -0.2) is 40.1 Å². The summed E-state index contributed by atoms with van der Waals surface area (Å²) in [5, 5.41) is 15.3. The SMILES string of the molecule is Cn1ncc(N)c1N1CCCC(NC(=O)O)C1. The zero-order valence-corrected chi connectivity index (χ0v) is 9.76. The Kier molecular flexibility index (Phi) is 3.08. The number of nitrogen functional groups attached to an aromatic ring is 1. The molecular formula is C10H17N5O2. The van der Waals surface area contributed by atoms with Gasteiger partial charge in [-0.3, -0.25) is 4.68 Å². The molecule has 1 atom stereocenters. The maximum absolute atomic E-state index is 10.6. The molecule has 17 heavy (non-hydrogen) atoms. The fourth-order valence-electron chi connectivity index (χ4n) is 2.30. The summed E-state index contributed by atoms with van der Waals surface area (Å²) in [7, 11) is 1.83. The number of anilines is 2. The lowest BCUT2D eigenvalue weighted by atomic mass is 10.1. The van der Waals surface area contributed by atoms with Gasteiger partial charge in [0.1, 0.15) is 5.82 Å². The maximum Gasteiger partial charge on any atom is 0.404 e. The van der Waals surface area contributed by atoms with Crippen molar-refractivity contribution in [2.45, 2.75) is 18.9 Å². The Morgan fingerprint density at radius 1 is 1.71 bits per heavy atom. The number of nitrogens with one attached hydrogen (secondary N) is 1. The molecule has 1 aliphatic rings. The van der Waals surface area contributed by atoms with E-state index in [-0.39, 0.29) is 6.04 Å². The second kappa shape index (κ2) is 4.52. The van der Waals surface area contributed by atoms with Gasteiger partial charge in [0.2, 0.25) is 0 Å². The molecule has 0 bridgehead atoms. The van der Waals surface area contributed by atoms with E-state index in [4.69, 9.17) is 10.8 Å². The van der Waals surface area contributed by atoms with Crippen LogP contribution in [0.25, 0.3) is 0 Å². The summed E-state index contributed by atoms with van der Waals surface area (Å²) in [5.74, 6) is 0.863. The first kappa shape index (κ1) is 11.6. The van der Waals surface area contributed by atoms with Crippen LogP contribution in [0.5, 0.6) is 0 Å². The van der Waals surface area contributed by atoms with Crippen molar-refractivity contribution >= 4 is 17.6 Å². The molecule has 7 heteroatoms. The van der Waals surface area contributed by atoms with E-state index in [9.17, 15) is 4.79 Å². The Morgan fingerprint density at radius 3 is 3.06 bits per heavy atom. The molecule has 4 N–H and O–H groups in total. The third kappa shape index (κ3) is 2.43. The van der Waals surface area contributed by atoms with E-state index in [2.05, 4.69) is 15.3 Å². The molecule has 0 radical (unpaired) electrons. The van der Waals surface area contributed by atoms with Crippen LogP contribution in [0.15, 0.2) is 6.20 Å². The van der Waals surface area contributed by atoms with E-state index in [0.717, 1.165) is 25.2 Å². The number of nitrogens with zero attached hydrogens (tertiary/aromatic N) is 3. The average molecular weight is 239 g/mol. The highest BCUT2D eigenvalue weighted by molar-refractivity contribution is 5.66. The average Bonchev–Trinajstić information content (AvgIpc) is 2.58. The molecular weight excluding hydrogens is 222 g/mol. The van der Waals surface area contributed by atoms with E-state index >= 15 is 0 Å². The van der Waals surface area contributed by atoms with Crippen LogP contribution in [0.4, 0.5) is 16.3 Å². The Hall–Kier alpha value is -1.92. The number of carbonyl (C=O) groups is 1. The van der Waals surface area contributed by atoms with Gasteiger partial charge in [0, 0.05) is 26.2 Å². The quantitative estimate of drug-likeness (QED) is 0.687. The van der Waals surface area contributed by atoms with Crippen molar-refractivity contribution in [3.8, 4) is 0 Å². The second-order valence-electron chi connectivity index (χ2n) is 4.28. The molecule has 2 rings (SSSR count). The topological polar surface area (TPSA) is 96.4 Å². The summed E-state index contributed by atoms with van der Waals surface area (Å²) in [4.78, 5) is 12.7. The van der Waals surface area contributed by atoms with Gasteiger partial charge in [-0.25, -0.2) is 4.79 Å². The number of hydrogen-bond acceptors (Lipinski definition) is 4. The third-order valence-corrected chi connectivity index (χ3v) is 2.98. The smallest absolute Gasteiger partial charge is 0.404 e. The van der Waals surface area contributed by atoms with Crippen molar-refractivity contribution in [1.29, 1.82) is 0 Å². The van der Waals surface area contributed by atoms with Crippen molar-refractivity contribution < 1.29 is 9.90 Å². The van der Waals surface area contributed by atoms with Crippen LogP contribution in [0, 0.1) is 0 Å². The fourth-order valence-corrected chi connectivity index (χ4v) is 2.30. The van der Waals surface area contributed by atoms with Crippen molar-refractivity contribution in [1.82, 2.24) is 15.1 Å². The molecule has 1 unspecified atom stereocenters. The van der Waals surface area contributed by atoms with Gasteiger partial charge in [0.05, 0.1) is 11.9 Å². The normalized spacial score (nSPS) is 20.3. The molecule has 1 saturated heterocycles. The Balaban J connectivity index is 2.09. The van der Waals surface area contributed by atoms with Gasteiger partial charge in [-0.15, -0.1) is 0 Å². The minimum absolute atomic E-state index is 0.0458. The van der Waals surface area contributed by atoms with Gasteiger partial charge >= 0.3 is 6.09 Å². The van der Waals surface area contributed by atoms with Crippen LogP contribution in [0.1, 0.15) is 12.8 Å². The summed E-state index contributed by atoms with van der Waals surface area (Å²) in [6.45, 7) is 1.51.